The Bertz CT molecular complexity index is 556. The molecule has 112 valence electrons. The van der Waals surface area contributed by atoms with Crippen molar-refractivity contribution in [1.82, 2.24) is 10.2 Å². The second-order valence-corrected chi connectivity index (χ2v) is 7.02. The lowest BCUT2D eigenvalue weighted by Crippen LogP contribution is -2.46. The Kier molecular flexibility index (Phi) is 3.26. The summed E-state index contributed by atoms with van der Waals surface area (Å²) >= 11 is 0. The Morgan fingerprint density at radius 1 is 1.24 bits per heavy atom. The summed E-state index contributed by atoms with van der Waals surface area (Å²) in [6.07, 6.45) is 4.18. The highest BCUT2D eigenvalue weighted by atomic mass is 16.2. The summed E-state index contributed by atoms with van der Waals surface area (Å²) in [7, 11) is 0. The van der Waals surface area contributed by atoms with E-state index in [1.165, 1.54) is 17.5 Å². The fraction of sp³-hybridized carbons (Fsp3) is 0.611. The monoisotopic (exact) mass is 284 g/mol. The first-order valence-electron chi connectivity index (χ1n) is 8.33. The summed E-state index contributed by atoms with van der Waals surface area (Å²) in [6.45, 7) is 4.31. The zero-order chi connectivity index (χ0) is 14.4. The number of aryl methyl sites for hydroxylation is 1. The zero-order valence-corrected chi connectivity index (χ0v) is 12.7. The van der Waals surface area contributed by atoms with Crippen LogP contribution in [0.4, 0.5) is 0 Å². The fourth-order valence-corrected chi connectivity index (χ4v) is 4.66. The highest BCUT2D eigenvalue weighted by Crippen LogP contribution is 2.35. The van der Waals surface area contributed by atoms with E-state index in [2.05, 4.69) is 41.4 Å². The summed E-state index contributed by atoms with van der Waals surface area (Å²) < 4.78 is 0. The maximum absolute atomic E-state index is 13.1. The molecule has 0 bridgehead atoms. The Morgan fingerprint density at radius 3 is 2.90 bits per heavy atom. The Morgan fingerprint density at radius 2 is 2.05 bits per heavy atom. The van der Waals surface area contributed by atoms with Crippen LogP contribution >= 0.6 is 0 Å². The van der Waals surface area contributed by atoms with Gasteiger partial charge < -0.3 is 10.2 Å². The van der Waals surface area contributed by atoms with Gasteiger partial charge >= 0.3 is 0 Å². The third-order valence-corrected chi connectivity index (χ3v) is 5.73. The van der Waals surface area contributed by atoms with Crippen LogP contribution in [0.15, 0.2) is 24.3 Å². The summed E-state index contributed by atoms with van der Waals surface area (Å²) in [4.78, 5) is 15.3. The van der Waals surface area contributed by atoms with E-state index in [1.807, 2.05) is 0 Å². The molecule has 1 aliphatic carbocycles. The first-order chi connectivity index (χ1) is 10.2. The maximum atomic E-state index is 13.1. The molecule has 1 N–H and O–H groups in total. The molecule has 2 heterocycles. The third kappa shape index (κ3) is 2.18. The quantitative estimate of drug-likeness (QED) is 0.855. The van der Waals surface area contributed by atoms with Gasteiger partial charge in [0.15, 0.2) is 0 Å². The Balaban J connectivity index is 1.53. The number of benzene rings is 1. The van der Waals surface area contributed by atoms with E-state index in [9.17, 15) is 4.79 Å². The molecular formula is C18H24N2O. The molecule has 0 radical (unpaired) electrons. The van der Waals surface area contributed by atoms with Gasteiger partial charge in [0.2, 0.25) is 5.91 Å². The predicted octanol–water partition coefficient (Wildman–Crippen LogP) is 2.00. The molecule has 2 fully saturated rings. The number of rotatable bonds is 1. The van der Waals surface area contributed by atoms with Crippen molar-refractivity contribution in [2.24, 2.45) is 11.8 Å². The number of nitrogens with zero attached hydrogens (tertiary/aromatic N) is 1. The summed E-state index contributed by atoms with van der Waals surface area (Å²) in [5.41, 5.74) is 2.83. The molecule has 1 aromatic carbocycles. The van der Waals surface area contributed by atoms with E-state index >= 15 is 0 Å². The molecule has 2 saturated heterocycles. The van der Waals surface area contributed by atoms with Gasteiger partial charge in [0, 0.05) is 31.1 Å². The van der Waals surface area contributed by atoms with Crippen LogP contribution in [0.1, 0.15) is 30.9 Å². The number of nitrogens with one attached hydrogen (secondary N) is 1. The van der Waals surface area contributed by atoms with Crippen molar-refractivity contribution in [2.75, 3.05) is 13.1 Å². The highest BCUT2D eigenvalue weighted by molar-refractivity contribution is 5.80. The van der Waals surface area contributed by atoms with Crippen LogP contribution < -0.4 is 5.32 Å². The second-order valence-electron chi connectivity index (χ2n) is 7.02. The minimum atomic E-state index is 0.196. The zero-order valence-electron chi connectivity index (χ0n) is 12.7. The number of likely N-dealkylation sites (tertiary alicyclic amines) is 1. The van der Waals surface area contributed by atoms with E-state index in [4.69, 9.17) is 0 Å². The van der Waals surface area contributed by atoms with Gasteiger partial charge in [-0.25, -0.2) is 0 Å². The van der Waals surface area contributed by atoms with Gasteiger partial charge in [0.25, 0.3) is 0 Å². The largest absolute Gasteiger partial charge is 0.335 e. The van der Waals surface area contributed by atoms with E-state index < -0.39 is 0 Å². The number of carbonyl (C=O) groups is 1. The minimum absolute atomic E-state index is 0.196. The van der Waals surface area contributed by atoms with Gasteiger partial charge in [-0.15, -0.1) is 0 Å². The first-order valence-corrected chi connectivity index (χ1v) is 8.33. The molecular weight excluding hydrogens is 260 g/mol. The van der Waals surface area contributed by atoms with E-state index in [1.54, 1.807) is 0 Å². The molecule has 3 nitrogen and oxygen atoms in total. The highest BCUT2D eigenvalue weighted by Gasteiger charge is 2.45. The standard InChI is InChI=1S/C18H24N2O/c1-12-8-16-10-19-11-17(16)20(12)18(21)15-7-6-13-4-2-3-5-14(13)9-15/h2-5,12,15-17,19H,6-11H2,1H3. The molecule has 0 aromatic heterocycles. The van der Waals surface area contributed by atoms with Crippen LogP contribution in [0.3, 0.4) is 0 Å². The maximum Gasteiger partial charge on any atom is 0.226 e. The molecule has 0 saturated carbocycles. The fourth-order valence-electron chi connectivity index (χ4n) is 4.66. The summed E-state index contributed by atoms with van der Waals surface area (Å²) in [6, 6.07) is 9.49. The molecule has 4 atom stereocenters. The van der Waals surface area contributed by atoms with Crippen LogP contribution in [0.25, 0.3) is 0 Å². The van der Waals surface area contributed by atoms with Gasteiger partial charge in [-0.2, -0.15) is 0 Å². The van der Waals surface area contributed by atoms with Crippen molar-refractivity contribution in [3.8, 4) is 0 Å². The summed E-state index contributed by atoms with van der Waals surface area (Å²) in [5, 5.41) is 3.45. The van der Waals surface area contributed by atoms with Crippen LogP contribution in [-0.4, -0.2) is 36.0 Å². The van der Waals surface area contributed by atoms with Crippen molar-refractivity contribution in [3.63, 3.8) is 0 Å². The third-order valence-electron chi connectivity index (χ3n) is 5.73. The van der Waals surface area contributed by atoms with Crippen molar-refractivity contribution in [3.05, 3.63) is 35.4 Å². The van der Waals surface area contributed by atoms with E-state index in [-0.39, 0.29) is 5.92 Å². The predicted molar refractivity (Wildman–Crippen MR) is 83.0 cm³/mol. The van der Waals surface area contributed by atoms with E-state index in [0.717, 1.165) is 32.4 Å². The number of hydrogen-bond acceptors (Lipinski definition) is 2. The molecule has 3 aliphatic rings. The van der Waals surface area contributed by atoms with Gasteiger partial charge in [0.05, 0.1) is 0 Å². The van der Waals surface area contributed by atoms with Crippen molar-refractivity contribution < 1.29 is 4.79 Å². The molecule has 0 spiro atoms. The van der Waals surface area contributed by atoms with Crippen LogP contribution in [0.5, 0.6) is 0 Å². The smallest absolute Gasteiger partial charge is 0.226 e. The number of amides is 1. The van der Waals surface area contributed by atoms with Gasteiger partial charge in [-0.3, -0.25) is 4.79 Å². The Labute approximate surface area is 126 Å². The topological polar surface area (TPSA) is 32.3 Å². The number of carbonyl (C=O) groups excluding carboxylic acids is 1. The molecule has 3 heteroatoms. The van der Waals surface area contributed by atoms with Crippen molar-refractivity contribution >= 4 is 5.91 Å². The lowest BCUT2D eigenvalue weighted by molar-refractivity contribution is -0.138. The van der Waals surface area contributed by atoms with Crippen molar-refractivity contribution in [1.29, 1.82) is 0 Å². The van der Waals surface area contributed by atoms with Crippen LogP contribution in [0.2, 0.25) is 0 Å². The van der Waals surface area contributed by atoms with Crippen LogP contribution in [0, 0.1) is 11.8 Å². The lowest BCUT2D eigenvalue weighted by Gasteiger charge is -2.33. The molecule has 4 unspecified atom stereocenters. The average Bonchev–Trinajstić information content (AvgIpc) is 3.06. The minimum Gasteiger partial charge on any atom is -0.335 e. The second kappa shape index (κ2) is 5.13. The van der Waals surface area contributed by atoms with E-state index in [0.29, 0.717) is 23.9 Å². The van der Waals surface area contributed by atoms with Crippen molar-refractivity contribution in [2.45, 2.75) is 44.7 Å². The normalized spacial score (nSPS) is 34.6. The van der Waals surface area contributed by atoms with Gasteiger partial charge in [0.1, 0.15) is 0 Å². The molecule has 4 rings (SSSR count). The number of hydrogen-bond donors (Lipinski definition) is 1. The molecule has 1 aromatic rings. The lowest BCUT2D eigenvalue weighted by atomic mass is 9.83. The summed E-state index contributed by atoms with van der Waals surface area (Å²) in [5.74, 6) is 1.29. The average molecular weight is 284 g/mol. The number of fused-ring (bicyclic) bond motifs is 2. The van der Waals surface area contributed by atoms with Crippen LogP contribution in [-0.2, 0) is 17.6 Å². The molecule has 2 aliphatic heterocycles. The SMILES string of the molecule is CC1CC2CNCC2N1C(=O)C1CCc2ccccc2C1. The van der Waals surface area contributed by atoms with Gasteiger partial charge in [-0.05, 0) is 49.7 Å². The first kappa shape index (κ1) is 13.3. The Hall–Kier alpha value is -1.35. The van der Waals surface area contributed by atoms with Gasteiger partial charge in [-0.1, -0.05) is 24.3 Å². The molecule has 21 heavy (non-hydrogen) atoms. The molecule has 1 amide bonds.